The minimum Gasteiger partial charge on any atom is -0.469 e. The zero-order valence-corrected chi connectivity index (χ0v) is 16.8. The van der Waals surface area contributed by atoms with E-state index in [9.17, 15) is 13.7 Å². The molecule has 1 aromatic carbocycles. The maximum absolute atomic E-state index is 12.3. The zero-order chi connectivity index (χ0) is 21.4. The highest BCUT2D eigenvalue weighted by Crippen LogP contribution is 2.25. The summed E-state index contributed by atoms with van der Waals surface area (Å²) < 4.78 is 42.4. The molecule has 0 fully saturated rings. The van der Waals surface area contributed by atoms with E-state index in [1.807, 2.05) is 6.07 Å². The monoisotopic (exact) mass is 429 g/mol. The first-order chi connectivity index (χ1) is 14.5. The molecule has 0 saturated heterocycles. The fourth-order valence-electron chi connectivity index (χ4n) is 2.36. The number of furan rings is 1. The van der Waals surface area contributed by atoms with Gasteiger partial charge >= 0.3 is 0 Å². The molecule has 0 unspecified atom stereocenters. The van der Waals surface area contributed by atoms with Gasteiger partial charge < -0.3 is 19.2 Å². The quantitative estimate of drug-likeness (QED) is 0.466. The number of nitriles is 1. The van der Waals surface area contributed by atoms with E-state index < -0.39 is 10.0 Å². The molecule has 0 spiro atoms. The van der Waals surface area contributed by atoms with Crippen molar-refractivity contribution in [2.24, 2.45) is 0 Å². The Hall–Kier alpha value is -3.46. The minimum atomic E-state index is -3.60. The van der Waals surface area contributed by atoms with Crippen molar-refractivity contribution >= 4 is 21.7 Å². The van der Waals surface area contributed by atoms with Crippen molar-refractivity contribution in [3.8, 4) is 17.7 Å². The van der Waals surface area contributed by atoms with Gasteiger partial charge in [-0.05, 0) is 30.7 Å². The number of hydrogen-bond donors (Lipinski definition) is 2. The van der Waals surface area contributed by atoms with Gasteiger partial charge in [-0.15, -0.1) is 0 Å². The van der Waals surface area contributed by atoms with Gasteiger partial charge in [-0.3, -0.25) is 0 Å². The predicted molar refractivity (Wildman–Crippen MR) is 107 cm³/mol. The maximum Gasteiger partial charge on any atom is 0.242 e. The third-order valence-corrected chi connectivity index (χ3v) is 5.30. The van der Waals surface area contributed by atoms with E-state index in [0.29, 0.717) is 24.5 Å². The Morgan fingerprint density at radius 3 is 2.70 bits per heavy atom. The smallest absolute Gasteiger partial charge is 0.242 e. The molecule has 0 amide bonds. The SMILES string of the molecule is COCCCNS(=O)(=O)c1ccc(Nc2ncc(C#N)c(Oc3ccoc3)n2)cc1. The molecule has 3 rings (SSSR count). The van der Waals surface area contributed by atoms with Gasteiger partial charge in [0.1, 0.15) is 17.9 Å². The van der Waals surface area contributed by atoms with Crippen LogP contribution in [-0.2, 0) is 14.8 Å². The predicted octanol–water partition coefficient (Wildman–Crippen LogP) is 2.79. The van der Waals surface area contributed by atoms with E-state index in [2.05, 4.69) is 20.0 Å². The van der Waals surface area contributed by atoms with Crippen LogP contribution in [0.3, 0.4) is 0 Å². The van der Waals surface area contributed by atoms with Gasteiger partial charge in [-0.25, -0.2) is 18.1 Å². The van der Waals surface area contributed by atoms with Gasteiger partial charge in [0.25, 0.3) is 0 Å². The van der Waals surface area contributed by atoms with E-state index in [4.69, 9.17) is 13.9 Å². The summed E-state index contributed by atoms with van der Waals surface area (Å²) in [5.41, 5.74) is 0.718. The van der Waals surface area contributed by atoms with Gasteiger partial charge in [-0.2, -0.15) is 10.2 Å². The molecule has 3 aromatic rings. The normalized spacial score (nSPS) is 11.1. The number of nitrogens with zero attached hydrogens (tertiary/aromatic N) is 3. The average Bonchev–Trinajstić information content (AvgIpc) is 3.25. The number of sulfonamides is 1. The van der Waals surface area contributed by atoms with Gasteiger partial charge in [0, 0.05) is 32.0 Å². The molecule has 11 heteroatoms. The highest BCUT2D eigenvalue weighted by molar-refractivity contribution is 7.89. The standard InChI is InChI=1S/C19H19N5O5S/c1-27-9-2-8-22-30(25,26)17-5-3-15(4-6-17)23-19-21-12-14(11-20)18(24-19)29-16-7-10-28-13-16/h3-7,10,12-13,22H,2,8-9H2,1H3,(H,21,23,24). The second-order valence-electron chi connectivity index (χ2n) is 5.98. The van der Waals surface area contributed by atoms with Crippen LogP contribution < -0.4 is 14.8 Å². The number of benzene rings is 1. The van der Waals surface area contributed by atoms with Crippen molar-refractivity contribution in [3.63, 3.8) is 0 Å². The largest absolute Gasteiger partial charge is 0.469 e. The molecule has 0 saturated carbocycles. The summed E-state index contributed by atoms with van der Waals surface area (Å²) in [5.74, 6) is 0.639. The molecule has 0 aliphatic carbocycles. The van der Waals surface area contributed by atoms with Crippen molar-refractivity contribution in [1.82, 2.24) is 14.7 Å². The Bertz CT molecular complexity index is 1110. The van der Waals surface area contributed by atoms with Gasteiger partial charge in [0.2, 0.25) is 21.9 Å². The van der Waals surface area contributed by atoms with Crippen LogP contribution in [0.1, 0.15) is 12.0 Å². The third kappa shape index (κ3) is 5.54. The highest BCUT2D eigenvalue weighted by atomic mass is 32.2. The van der Waals surface area contributed by atoms with Crippen LogP contribution in [0.2, 0.25) is 0 Å². The highest BCUT2D eigenvalue weighted by Gasteiger charge is 2.14. The van der Waals surface area contributed by atoms with Gasteiger partial charge in [0.05, 0.1) is 17.4 Å². The molecule has 10 nitrogen and oxygen atoms in total. The van der Waals surface area contributed by atoms with Crippen LogP contribution in [0, 0.1) is 11.3 Å². The van der Waals surface area contributed by atoms with E-state index in [1.54, 1.807) is 25.3 Å². The number of rotatable bonds is 10. The van der Waals surface area contributed by atoms with Gasteiger partial charge in [-0.1, -0.05) is 0 Å². The van der Waals surface area contributed by atoms with Crippen LogP contribution >= 0.6 is 0 Å². The van der Waals surface area contributed by atoms with E-state index in [-0.39, 0.29) is 28.8 Å². The molecule has 2 N–H and O–H groups in total. The van der Waals surface area contributed by atoms with Crippen LogP contribution in [0.5, 0.6) is 11.6 Å². The van der Waals surface area contributed by atoms with E-state index in [0.717, 1.165) is 0 Å². The summed E-state index contributed by atoms with van der Waals surface area (Å²) in [6.45, 7) is 0.761. The molecule has 0 bridgehead atoms. The van der Waals surface area contributed by atoms with Crippen LogP contribution in [0.15, 0.2) is 58.4 Å². The van der Waals surface area contributed by atoms with E-state index >= 15 is 0 Å². The molecule has 0 atom stereocenters. The number of hydrogen-bond acceptors (Lipinski definition) is 9. The molecule has 0 aliphatic heterocycles. The lowest BCUT2D eigenvalue weighted by Gasteiger charge is -2.09. The molecule has 0 aliphatic rings. The Balaban J connectivity index is 1.70. The van der Waals surface area contributed by atoms with Crippen molar-refractivity contribution in [2.45, 2.75) is 11.3 Å². The fourth-order valence-corrected chi connectivity index (χ4v) is 3.43. The average molecular weight is 429 g/mol. The summed E-state index contributed by atoms with van der Waals surface area (Å²) in [6, 6.07) is 9.64. The summed E-state index contributed by atoms with van der Waals surface area (Å²) in [7, 11) is -2.04. The third-order valence-electron chi connectivity index (χ3n) is 3.82. The summed E-state index contributed by atoms with van der Waals surface area (Å²) in [5, 5.41) is 12.1. The number of ether oxygens (including phenoxy) is 2. The Morgan fingerprint density at radius 1 is 1.23 bits per heavy atom. The summed E-state index contributed by atoms with van der Waals surface area (Å²) in [4.78, 5) is 8.40. The first kappa shape index (κ1) is 21.3. The molecule has 156 valence electrons. The molecule has 2 aromatic heterocycles. The molecular weight excluding hydrogens is 410 g/mol. The lowest BCUT2D eigenvalue weighted by Crippen LogP contribution is -2.25. The second-order valence-corrected chi connectivity index (χ2v) is 7.75. The topological polar surface area (TPSA) is 139 Å². The first-order valence-corrected chi connectivity index (χ1v) is 10.3. The van der Waals surface area contributed by atoms with Crippen molar-refractivity contribution in [2.75, 3.05) is 25.6 Å². The molecule has 2 heterocycles. The van der Waals surface area contributed by atoms with Crippen molar-refractivity contribution in [1.29, 1.82) is 5.26 Å². The minimum absolute atomic E-state index is 0.0656. The number of aromatic nitrogens is 2. The van der Waals surface area contributed by atoms with Crippen LogP contribution in [0.25, 0.3) is 0 Å². The lowest BCUT2D eigenvalue weighted by molar-refractivity contribution is 0.196. The number of nitrogens with one attached hydrogen (secondary N) is 2. The molecular formula is C19H19N5O5S. The molecule has 30 heavy (non-hydrogen) atoms. The zero-order valence-electron chi connectivity index (χ0n) is 16.0. The summed E-state index contributed by atoms with van der Waals surface area (Å²) in [6.07, 6.45) is 4.71. The van der Waals surface area contributed by atoms with Crippen molar-refractivity contribution in [3.05, 3.63) is 54.6 Å². The Labute approximate surface area is 173 Å². The number of anilines is 2. The Morgan fingerprint density at radius 2 is 2.03 bits per heavy atom. The fraction of sp³-hybridized carbons (Fsp3) is 0.211. The van der Waals surface area contributed by atoms with Crippen LogP contribution in [0.4, 0.5) is 11.6 Å². The van der Waals surface area contributed by atoms with Gasteiger partial charge in [0.15, 0.2) is 5.75 Å². The van der Waals surface area contributed by atoms with Crippen molar-refractivity contribution < 1.29 is 22.3 Å². The maximum atomic E-state index is 12.3. The molecule has 0 radical (unpaired) electrons. The van der Waals surface area contributed by atoms with Crippen LogP contribution in [-0.4, -0.2) is 38.6 Å². The Kier molecular flexibility index (Phi) is 6.97. The van der Waals surface area contributed by atoms with E-state index in [1.165, 1.54) is 30.9 Å². The number of methoxy groups -OCH3 is 1. The second kappa shape index (κ2) is 9.84. The summed E-state index contributed by atoms with van der Waals surface area (Å²) >= 11 is 0. The first-order valence-electron chi connectivity index (χ1n) is 8.85. The lowest BCUT2D eigenvalue weighted by atomic mass is 10.3.